The second-order valence-electron chi connectivity index (χ2n) is 6.09. The first-order valence-electron chi connectivity index (χ1n) is 8.67. The van der Waals surface area contributed by atoms with E-state index in [9.17, 15) is 4.79 Å². The van der Waals surface area contributed by atoms with Crippen molar-refractivity contribution in [3.8, 4) is 11.4 Å². The van der Waals surface area contributed by atoms with Crippen LogP contribution in [0.4, 0.5) is 0 Å². The van der Waals surface area contributed by atoms with Crippen LogP contribution in [-0.2, 0) is 11.2 Å². The lowest BCUT2D eigenvalue weighted by Gasteiger charge is -2.01. The molecule has 1 amide bonds. The van der Waals surface area contributed by atoms with Gasteiger partial charge in [0, 0.05) is 24.9 Å². The Balaban J connectivity index is 1.41. The van der Waals surface area contributed by atoms with Crippen molar-refractivity contribution < 1.29 is 4.79 Å². The van der Waals surface area contributed by atoms with Gasteiger partial charge in [-0.15, -0.1) is 0 Å². The van der Waals surface area contributed by atoms with Gasteiger partial charge in [-0.1, -0.05) is 72.3 Å². The SMILES string of the molecule is Cc1ccc(C=CCC(=O)NCCc2nc(-c3ccccc3)n[nH]2)cc1. The van der Waals surface area contributed by atoms with Gasteiger partial charge >= 0.3 is 0 Å². The van der Waals surface area contributed by atoms with E-state index in [0.717, 1.165) is 17.0 Å². The molecule has 0 aliphatic rings. The highest BCUT2D eigenvalue weighted by atomic mass is 16.1. The second-order valence-corrected chi connectivity index (χ2v) is 6.09. The van der Waals surface area contributed by atoms with Gasteiger partial charge in [-0.05, 0) is 12.5 Å². The summed E-state index contributed by atoms with van der Waals surface area (Å²) >= 11 is 0. The predicted molar refractivity (Wildman–Crippen MR) is 103 cm³/mol. The third-order valence-corrected chi connectivity index (χ3v) is 3.94. The van der Waals surface area contributed by atoms with Gasteiger partial charge in [-0.3, -0.25) is 9.89 Å². The van der Waals surface area contributed by atoms with E-state index in [1.54, 1.807) is 0 Å². The third-order valence-electron chi connectivity index (χ3n) is 3.94. The zero-order chi connectivity index (χ0) is 18.2. The van der Waals surface area contributed by atoms with Gasteiger partial charge < -0.3 is 5.32 Å². The highest BCUT2D eigenvalue weighted by molar-refractivity contribution is 5.78. The molecule has 3 rings (SSSR count). The molecule has 0 bridgehead atoms. The zero-order valence-corrected chi connectivity index (χ0v) is 14.8. The zero-order valence-electron chi connectivity index (χ0n) is 14.8. The summed E-state index contributed by atoms with van der Waals surface area (Å²) in [7, 11) is 0. The van der Waals surface area contributed by atoms with Crippen LogP contribution in [0.1, 0.15) is 23.4 Å². The Kier molecular flexibility index (Phi) is 5.93. The summed E-state index contributed by atoms with van der Waals surface area (Å²) in [6.07, 6.45) is 4.82. The molecule has 5 heteroatoms. The molecule has 0 aliphatic heterocycles. The monoisotopic (exact) mass is 346 g/mol. The minimum atomic E-state index is -0.00356. The molecule has 2 N–H and O–H groups in total. The van der Waals surface area contributed by atoms with Gasteiger partial charge in [0.25, 0.3) is 0 Å². The van der Waals surface area contributed by atoms with E-state index < -0.39 is 0 Å². The molecule has 0 aliphatic carbocycles. The lowest BCUT2D eigenvalue weighted by molar-refractivity contribution is -0.120. The number of hydrogen-bond donors (Lipinski definition) is 2. The maximum Gasteiger partial charge on any atom is 0.223 e. The third kappa shape index (κ3) is 5.14. The highest BCUT2D eigenvalue weighted by Crippen LogP contribution is 2.13. The molecule has 0 spiro atoms. The summed E-state index contributed by atoms with van der Waals surface area (Å²) in [6, 6.07) is 18.0. The summed E-state index contributed by atoms with van der Waals surface area (Å²) < 4.78 is 0. The Bertz CT molecular complexity index is 867. The van der Waals surface area contributed by atoms with E-state index >= 15 is 0 Å². The lowest BCUT2D eigenvalue weighted by atomic mass is 10.1. The molecule has 0 atom stereocenters. The van der Waals surface area contributed by atoms with Gasteiger partial charge in [0.2, 0.25) is 5.91 Å². The van der Waals surface area contributed by atoms with E-state index in [1.807, 2.05) is 54.6 Å². The molecule has 2 aromatic carbocycles. The molecule has 26 heavy (non-hydrogen) atoms. The Hall–Kier alpha value is -3.21. The number of carbonyl (C=O) groups excluding carboxylic acids is 1. The summed E-state index contributed by atoms with van der Waals surface area (Å²) in [5.74, 6) is 1.43. The summed E-state index contributed by atoms with van der Waals surface area (Å²) in [5, 5.41) is 10.0. The number of carbonyl (C=O) groups is 1. The van der Waals surface area contributed by atoms with Gasteiger partial charge in [0.15, 0.2) is 5.82 Å². The molecule has 1 heterocycles. The average Bonchev–Trinajstić information content (AvgIpc) is 3.13. The Morgan fingerprint density at radius 1 is 1.12 bits per heavy atom. The average molecular weight is 346 g/mol. The molecule has 0 radical (unpaired) electrons. The van der Waals surface area contributed by atoms with E-state index in [0.29, 0.717) is 25.2 Å². The molecule has 132 valence electrons. The molecule has 0 saturated carbocycles. The number of H-pyrrole nitrogens is 1. The van der Waals surface area contributed by atoms with Crippen molar-refractivity contribution in [2.45, 2.75) is 19.8 Å². The fourth-order valence-corrected chi connectivity index (χ4v) is 2.50. The molecule has 5 nitrogen and oxygen atoms in total. The number of aromatic amines is 1. The van der Waals surface area contributed by atoms with Gasteiger partial charge in [-0.25, -0.2) is 4.98 Å². The van der Waals surface area contributed by atoms with E-state index in [-0.39, 0.29) is 5.91 Å². The predicted octanol–water partition coefficient (Wildman–Crippen LogP) is 3.54. The largest absolute Gasteiger partial charge is 0.355 e. The van der Waals surface area contributed by atoms with Crippen LogP contribution in [0.2, 0.25) is 0 Å². The van der Waals surface area contributed by atoms with Crippen molar-refractivity contribution in [2.75, 3.05) is 6.54 Å². The quantitative estimate of drug-likeness (QED) is 0.687. The number of hydrogen-bond acceptors (Lipinski definition) is 3. The van der Waals surface area contributed by atoms with Crippen LogP contribution in [0.5, 0.6) is 0 Å². The Labute approximate surface area is 153 Å². The maximum atomic E-state index is 11.9. The fraction of sp³-hybridized carbons (Fsp3) is 0.190. The van der Waals surface area contributed by atoms with Crippen LogP contribution in [0.3, 0.4) is 0 Å². The lowest BCUT2D eigenvalue weighted by Crippen LogP contribution is -2.25. The molecule has 0 saturated heterocycles. The number of aryl methyl sites for hydroxylation is 1. The van der Waals surface area contributed by atoms with Crippen molar-refractivity contribution in [3.63, 3.8) is 0 Å². The van der Waals surface area contributed by atoms with Crippen LogP contribution in [0.25, 0.3) is 17.5 Å². The number of benzene rings is 2. The minimum absolute atomic E-state index is 0.00356. The van der Waals surface area contributed by atoms with E-state index in [2.05, 4.69) is 39.6 Å². The van der Waals surface area contributed by atoms with Gasteiger partial charge in [-0.2, -0.15) is 5.10 Å². The molecule has 3 aromatic rings. The van der Waals surface area contributed by atoms with Crippen LogP contribution >= 0.6 is 0 Å². The first-order chi connectivity index (χ1) is 12.7. The summed E-state index contributed by atoms with van der Waals surface area (Å²) in [6.45, 7) is 2.58. The van der Waals surface area contributed by atoms with Crippen LogP contribution in [-0.4, -0.2) is 27.6 Å². The second kappa shape index (κ2) is 8.76. The maximum absolute atomic E-state index is 11.9. The van der Waals surface area contributed by atoms with Gasteiger partial charge in [0.1, 0.15) is 5.82 Å². The number of amides is 1. The summed E-state index contributed by atoms with van der Waals surface area (Å²) in [4.78, 5) is 16.3. The molecule has 1 aromatic heterocycles. The van der Waals surface area contributed by atoms with Crippen molar-refractivity contribution in [3.05, 3.63) is 77.6 Å². The topological polar surface area (TPSA) is 70.7 Å². The van der Waals surface area contributed by atoms with E-state index in [1.165, 1.54) is 5.56 Å². The van der Waals surface area contributed by atoms with Crippen LogP contribution in [0.15, 0.2) is 60.7 Å². The highest BCUT2D eigenvalue weighted by Gasteiger charge is 2.05. The van der Waals surface area contributed by atoms with Crippen molar-refractivity contribution in [1.82, 2.24) is 20.5 Å². The summed E-state index contributed by atoms with van der Waals surface area (Å²) in [5.41, 5.74) is 3.29. The molecular formula is C21H22N4O. The minimum Gasteiger partial charge on any atom is -0.355 e. The first kappa shape index (κ1) is 17.6. The first-order valence-corrected chi connectivity index (χ1v) is 8.67. The van der Waals surface area contributed by atoms with Crippen molar-refractivity contribution in [2.24, 2.45) is 0 Å². The van der Waals surface area contributed by atoms with Crippen LogP contribution in [0, 0.1) is 6.92 Å². The van der Waals surface area contributed by atoms with Crippen molar-refractivity contribution >= 4 is 12.0 Å². The van der Waals surface area contributed by atoms with E-state index in [4.69, 9.17) is 0 Å². The Morgan fingerprint density at radius 2 is 1.88 bits per heavy atom. The number of nitrogens with one attached hydrogen (secondary N) is 2. The Morgan fingerprint density at radius 3 is 2.65 bits per heavy atom. The molecule has 0 unspecified atom stereocenters. The molecular weight excluding hydrogens is 324 g/mol. The standard InChI is InChI=1S/C21H22N4O/c1-16-10-12-17(13-11-16)6-5-9-20(26)22-15-14-19-23-21(25-24-19)18-7-3-2-4-8-18/h2-8,10-13H,9,14-15H2,1H3,(H,22,26)(H,23,24,25). The van der Waals surface area contributed by atoms with Crippen LogP contribution < -0.4 is 5.32 Å². The molecule has 0 fully saturated rings. The normalized spacial score (nSPS) is 11.0. The fourth-order valence-electron chi connectivity index (χ4n) is 2.50. The number of nitrogens with zero attached hydrogens (tertiary/aromatic N) is 2. The van der Waals surface area contributed by atoms with Gasteiger partial charge in [0.05, 0.1) is 0 Å². The number of aromatic nitrogens is 3. The van der Waals surface area contributed by atoms with Crippen molar-refractivity contribution in [1.29, 1.82) is 0 Å². The smallest absolute Gasteiger partial charge is 0.223 e. The number of rotatable bonds is 7.